The molecule has 0 saturated heterocycles. The number of anilines is 1. The van der Waals surface area contributed by atoms with Gasteiger partial charge in [0.1, 0.15) is 6.04 Å². The monoisotopic (exact) mass is 386 g/mol. The number of carbonyl (C=O) groups excluding carboxylic acids is 1. The molecule has 0 spiro atoms. The average Bonchev–Trinajstić information content (AvgIpc) is 3.17. The number of amides is 1. The maximum Gasteiger partial charge on any atom is 0.416 e. The third-order valence-corrected chi connectivity index (χ3v) is 3.86. The van der Waals surface area contributed by atoms with Gasteiger partial charge in [0.05, 0.1) is 17.2 Å². The van der Waals surface area contributed by atoms with Gasteiger partial charge in [-0.3, -0.25) is 4.79 Å². The Morgan fingerprint density at radius 2 is 1.96 bits per heavy atom. The number of nitriles is 1. The molecule has 3 rings (SSSR count). The molecule has 1 N–H and O–H groups in total. The lowest BCUT2D eigenvalue weighted by atomic mass is 10.1. The van der Waals surface area contributed by atoms with Gasteiger partial charge in [-0.2, -0.15) is 23.2 Å². The van der Waals surface area contributed by atoms with Crippen LogP contribution < -0.4 is 5.32 Å². The Kier molecular flexibility index (Phi) is 5.08. The van der Waals surface area contributed by atoms with Gasteiger partial charge < -0.3 is 5.32 Å². The molecule has 28 heavy (non-hydrogen) atoms. The molecule has 2 aromatic carbocycles. The maximum absolute atomic E-state index is 12.8. The van der Waals surface area contributed by atoms with Gasteiger partial charge in [0, 0.05) is 11.3 Å². The van der Waals surface area contributed by atoms with E-state index in [1.165, 1.54) is 25.1 Å². The number of aromatic nitrogens is 4. The Balaban J connectivity index is 1.78. The van der Waals surface area contributed by atoms with E-state index >= 15 is 0 Å². The number of carbonyl (C=O) groups is 1. The summed E-state index contributed by atoms with van der Waals surface area (Å²) in [5.74, 6) is -0.500. The zero-order valence-corrected chi connectivity index (χ0v) is 14.5. The van der Waals surface area contributed by atoms with Crippen LogP contribution in [0.25, 0.3) is 11.4 Å². The summed E-state index contributed by atoms with van der Waals surface area (Å²) in [5, 5.41) is 23.0. The predicted octanol–water partition coefficient (Wildman–Crippen LogP) is 3.43. The molecule has 0 fully saturated rings. The predicted molar refractivity (Wildman–Crippen MR) is 92.8 cm³/mol. The maximum atomic E-state index is 12.8. The summed E-state index contributed by atoms with van der Waals surface area (Å²) < 4.78 is 38.5. The van der Waals surface area contributed by atoms with Gasteiger partial charge >= 0.3 is 6.18 Å². The Hall–Kier alpha value is -3.74. The van der Waals surface area contributed by atoms with E-state index in [0.29, 0.717) is 11.3 Å². The SMILES string of the molecule is C[C@@H](C(=O)Nc1cccc(C#N)c1)n1nnc(-c2cccc(C(F)(F)F)c2)n1. The number of alkyl halides is 3. The van der Waals surface area contributed by atoms with Gasteiger partial charge in [0.25, 0.3) is 5.91 Å². The third-order valence-electron chi connectivity index (χ3n) is 3.86. The first-order chi connectivity index (χ1) is 13.3. The number of hydrogen-bond acceptors (Lipinski definition) is 5. The van der Waals surface area contributed by atoms with Crippen molar-refractivity contribution in [1.29, 1.82) is 5.26 Å². The van der Waals surface area contributed by atoms with Crippen molar-refractivity contribution in [3.63, 3.8) is 0 Å². The number of rotatable bonds is 4. The molecule has 1 amide bonds. The molecule has 0 radical (unpaired) electrons. The molecule has 1 atom stereocenters. The summed E-state index contributed by atoms with van der Waals surface area (Å²) in [6, 6.07) is 12.0. The summed E-state index contributed by atoms with van der Waals surface area (Å²) in [4.78, 5) is 13.4. The highest BCUT2D eigenvalue weighted by Crippen LogP contribution is 2.31. The average molecular weight is 386 g/mol. The second kappa shape index (κ2) is 7.48. The lowest BCUT2D eigenvalue weighted by Crippen LogP contribution is -2.25. The molecule has 0 aliphatic carbocycles. The van der Waals surface area contributed by atoms with Gasteiger partial charge in [-0.1, -0.05) is 18.2 Å². The third kappa shape index (κ3) is 4.15. The molecule has 0 saturated carbocycles. The Morgan fingerprint density at radius 1 is 1.21 bits per heavy atom. The smallest absolute Gasteiger partial charge is 0.324 e. The van der Waals surface area contributed by atoms with E-state index in [-0.39, 0.29) is 11.4 Å². The largest absolute Gasteiger partial charge is 0.416 e. The Labute approximate surface area is 157 Å². The highest BCUT2D eigenvalue weighted by atomic mass is 19.4. The molecule has 0 bridgehead atoms. The fourth-order valence-electron chi connectivity index (χ4n) is 2.36. The first-order valence-corrected chi connectivity index (χ1v) is 8.06. The van der Waals surface area contributed by atoms with Crippen LogP contribution >= 0.6 is 0 Å². The molecule has 0 aliphatic heterocycles. The van der Waals surface area contributed by atoms with Crippen molar-refractivity contribution < 1.29 is 18.0 Å². The van der Waals surface area contributed by atoms with E-state index in [9.17, 15) is 18.0 Å². The first kappa shape index (κ1) is 19.0. The van der Waals surface area contributed by atoms with E-state index in [1.54, 1.807) is 18.2 Å². The van der Waals surface area contributed by atoms with Crippen molar-refractivity contribution >= 4 is 11.6 Å². The second-order valence-electron chi connectivity index (χ2n) is 5.87. The van der Waals surface area contributed by atoms with Crippen LogP contribution in [0.15, 0.2) is 48.5 Å². The van der Waals surface area contributed by atoms with Gasteiger partial charge in [-0.25, -0.2) is 0 Å². The Morgan fingerprint density at radius 3 is 2.68 bits per heavy atom. The minimum absolute atomic E-state index is 0.0303. The van der Waals surface area contributed by atoms with Crippen molar-refractivity contribution in [2.75, 3.05) is 5.32 Å². The summed E-state index contributed by atoms with van der Waals surface area (Å²) in [7, 11) is 0. The normalized spacial score (nSPS) is 12.2. The van der Waals surface area contributed by atoms with Crippen LogP contribution in [-0.4, -0.2) is 26.1 Å². The number of nitrogens with one attached hydrogen (secondary N) is 1. The lowest BCUT2D eigenvalue weighted by molar-refractivity contribution is -0.137. The minimum atomic E-state index is -4.49. The number of hydrogen-bond donors (Lipinski definition) is 1. The number of nitrogens with zero attached hydrogens (tertiary/aromatic N) is 5. The van der Waals surface area contributed by atoms with Crippen LogP contribution in [0.1, 0.15) is 24.1 Å². The molecule has 0 unspecified atom stereocenters. The van der Waals surface area contributed by atoms with E-state index in [0.717, 1.165) is 16.9 Å². The number of tetrazole rings is 1. The Bertz CT molecular complexity index is 1050. The van der Waals surface area contributed by atoms with Crippen molar-refractivity contribution in [3.8, 4) is 17.5 Å². The van der Waals surface area contributed by atoms with Crippen molar-refractivity contribution in [3.05, 3.63) is 59.7 Å². The number of benzene rings is 2. The zero-order valence-electron chi connectivity index (χ0n) is 14.5. The van der Waals surface area contributed by atoms with Gasteiger partial charge in [-0.15, -0.1) is 10.2 Å². The fourth-order valence-corrected chi connectivity index (χ4v) is 2.36. The van der Waals surface area contributed by atoms with Crippen LogP contribution in [-0.2, 0) is 11.0 Å². The van der Waals surface area contributed by atoms with Gasteiger partial charge in [0.15, 0.2) is 0 Å². The van der Waals surface area contributed by atoms with Crippen LogP contribution in [0.3, 0.4) is 0 Å². The van der Waals surface area contributed by atoms with Crippen molar-refractivity contribution in [2.45, 2.75) is 19.1 Å². The standard InChI is InChI=1S/C18H13F3N6O/c1-11(17(28)23-15-7-2-4-12(8-15)10-22)27-25-16(24-26-27)13-5-3-6-14(9-13)18(19,20)21/h2-9,11H,1H3,(H,23,28)/t11-/m0/s1. The summed E-state index contributed by atoms with van der Waals surface area (Å²) in [5.41, 5.74) is 0.116. The number of halogens is 3. The molecule has 3 aromatic rings. The van der Waals surface area contributed by atoms with Crippen LogP contribution in [0.2, 0.25) is 0 Å². The molecule has 0 aliphatic rings. The minimum Gasteiger partial charge on any atom is -0.324 e. The van der Waals surface area contributed by atoms with E-state index in [4.69, 9.17) is 5.26 Å². The zero-order chi connectivity index (χ0) is 20.3. The molecule has 1 heterocycles. The van der Waals surface area contributed by atoms with Gasteiger partial charge in [-0.05, 0) is 42.5 Å². The highest BCUT2D eigenvalue weighted by Gasteiger charge is 2.31. The van der Waals surface area contributed by atoms with Crippen molar-refractivity contribution in [2.24, 2.45) is 0 Å². The first-order valence-electron chi connectivity index (χ1n) is 8.06. The van der Waals surface area contributed by atoms with Crippen LogP contribution in [0, 0.1) is 11.3 Å². The highest BCUT2D eigenvalue weighted by molar-refractivity contribution is 5.93. The summed E-state index contributed by atoms with van der Waals surface area (Å²) in [6.07, 6.45) is -4.49. The van der Waals surface area contributed by atoms with Gasteiger partial charge in [0.2, 0.25) is 5.82 Å². The van der Waals surface area contributed by atoms with E-state index in [1.807, 2.05) is 6.07 Å². The summed E-state index contributed by atoms with van der Waals surface area (Å²) >= 11 is 0. The molecule has 7 nitrogen and oxygen atoms in total. The molecular formula is C18H13F3N6O. The molecule has 142 valence electrons. The molecule has 1 aromatic heterocycles. The molecule has 10 heteroatoms. The fraction of sp³-hybridized carbons (Fsp3) is 0.167. The van der Waals surface area contributed by atoms with E-state index in [2.05, 4.69) is 20.7 Å². The topological polar surface area (TPSA) is 96.5 Å². The lowest BCUT2D eigenvalue weighted by Gasteiger charge is -2.11. The van der Waals surface area contributed by atoms with E-state index < -0.39 is 23.7 Å². The van der Waals surface area contributed by atoms with Crippen LogP contribution in [0.5, 0.6) is 0 Å². The summed E-state index contributed by atoms with van der Waals surface area (Å²) in [6.45, 7) is 1.51. The van der Waals surface area contributed by atoms with Crippen LogP contribution in [0.4, 0.5) is 18.9 Å². The second-order valence-corrected chi connectivity index (χ2v) is 5.87. The van der Waals surface area contributed by atoms with Crippen molar-refractivity contribution in [1.82, 2.24) is 20.2 Å². The quantitative estimate of drug-likeness (QED) is 0.741. The molecular weight excluding hydrogens is 373 g/mol.